The number of aromatic nitrogens is 2. The minimum atomic E-state index is -0.416. The number of piperidine rings is 1. The van der Waals surface area contributed by atoms with Crippen molar-refractivity contribution in [3.63, 3.8) is 0 Å². The molecule has 2 N–H and O–H groups in total. The fourth-order valence-corrected chi connectivity index (χ4v) is 4.50. The third kappa shape index (κ3) is 6.15. The van der Waals surface area contributed by atoms with E-state index in [0.29, 0.717) is 47.5 Å². The van der Waals surface area contributed by atoms with Crippen LogP contribution in [0.3, 0.4) is 0 Å². The highest BCUT2D eigenvalue weighted by Crippen LogP contribution is 2.29. The zero-order valence-electron chi connectivity index (χ0n) is 19.3. The predicted octanol–water partition coefficient (Wildman–Crippen LogP) is 4.05. The number of rotatable bonds is 6. The minimum absolute atomic E-state index is 0.186. The van der Waals surface area contributed by atoms with Crippen molar-refractivity contribution in [1.29, 1.82) is 0 Å². The number of halogens is 1. The number of nitrogens with zero attached hydrogens (tertiary/aromatic N) is 3. The normalized spacial score (nSPS) is 18.9. The molecule has 182 valence electrons. The molecule has 4 heterocycles. The first-order valence-electron chi connectivity index (χ1n) is 11.6. The Bertz CT molecular complexity index is 1010. The average molecular weight is 488 g/mol. The van der Waals surface area contributed by atoms with Crippen LogP contribution in [0, 0.1) is 11.8 Å². The molecular weight excluding hydrogens is 458 g/mol. The van der Waals surface area contributed by atoms with Gasteiger partial charge >= 0.3 is 6.09 Å². The predicted molar refractivity (Wildman–Crippen MR) is 130 cm³/mol. The number of ether oxygens (including phenoxy) is 2. The summed E-state index contributed by atoms with van der Waals surface area (Å²) >= 11 is 6.43. The Morgan fingerprint density at radius 2 is 2.06 bits per heavy atom. The van der Waals surface area contributed by atoms with Crippen molar-refractivity contribution in [3.05, 3.63) is 35.5 Å². The lowest BCUT2D eigenvalue weighted by molar-refractivity contribution is -0.121. The van der Waals surface area contributed by atoms with E-state index in [9.17, 15) is 9.59 Å². The molecule has 0 unspecified atom stereocenters. The second kappa shape index (κ2) is 11.5. The zero-order valence-corrected chi connectivity index (χ0v) is 20.0. The van der Waals surface area contributed by atoms with Gasteiger partial charge in [-0.2, -0.15) is 0 Å². The molecule has 0 saturated carbocycles. The van der Waals surface area contributed by atoms with Crippen molar-refractivity contribution < 1.29 is 19.1 Å². The van der Waals surface area contributed by atoms with Crippen molar-refractivity contribution in [1.82, 2.24) is 14.9 Å². The Kier molecular flexibility index (Phi) is 8.18. The van der Waals surface area contributed by atoms with Crippen LogP contribution in [0.15, 0.2) is 30.5 Å². The van der Waals surface area contributed by atoms with E-state index in [1.807, 2.05) is 18.2 Å². The molecule has 2 aromatic rings. The number of hydrogen-bond acceptors (Lipinski definition) is 7. The van der Waals surface area contributed by atoms with E-state index in [2.05, 4.69) is 15.6 Å². The summed E-state index contributed by atoms with van der Waals surface area (Å²) in [5.74, 6) is 1.22. The first-order chi connectivity index (χ1) is 16.5. The number of hydrogen-bond donors (Lipinski definition) is 2. The van der Waals surface area contributed by atoms with Gasteiger partial charge in [0.05, 0.1) is 23.7 Å². The molecular formula is C24H30ClN5O4. The summed E-state index contributed by atoms with van der Waals surface area (Å²) in [4.78, 5) is 35.2. The van der Waals surface area contributed by atoms with Crippen LogP contribution in [0.1, 0.15) is 25.7 Å². The second-order valence-corrected chi connectivity index (χ2v) is 9.05. The molecule has 10 heteroatoms. The van der Waals surface area contributed by atoms with Gasteiger partial charge in [0.1, 0.15) is 11.6 Å². The number of anilines is 2. The molecule has 0 radical (unpaired) electrons. The van der Waals surface area contributed by atoms with Gasteiger partial charge in [-0.15, -0.1) is 0 Å². The number of carbonyl (C=O) groups is 2. The maximum Gasteiger partial charge on any atom is 0.409 e. The molecule has 4 rings (SSSR count). The lowest BCUT2D eigenvalue weighted by Gasteiger charge is -2.30. The maximum atomic E-state index is 12.8. The molecule has 34 heavy (non-hydrogen) atoms. The van der Waals surface area contributed by atoms with Crippen LogP contribution in [0.2, 0.25) is 5.02 Å². The molecule has 2 saturated heterocycles. The highest BCUT2D eigenvalue weighted by Gasteiger charge is 2.29. The molecule has 0 aliphatic carbocycles. The number of nitrogens with one attached hydrogen (secondary N) is 2. The van der Waals surface area contributed by atoms with Gasteiger partial charge in [0, 0.05) is 44.6 Å². The van der Waals surface area contributed by atoms with Crippen LogP contribution in [0.5, 0.6) is 0 Å². The van der Waals surface area contributed by atoms with Gasteiger partial charge in [-0.05, 0) is 49.8 Å². The molecule has 2 aliphatic rings. The summed E-state index contributed by atoms with van der Waals surface area (Å²) in [5, 5.41) is 6.73. The maximum absolute atomic E-state index is 12.8. The number of carbonyl (C=O) groups excluding carboxylic acids is 2. The molecule has 2 aromatic heterocycles. The third-order valence-corrected chi connectivity index (χ3v) is 6.57. The Morgan fingerprint density at radius 3 is 2.85 bits per heavy atom. The van der Waals surface area contributed by atoms with E-state index in [1.165, 1.54) is 13.3 Å². The van der Waals surface area contributed by atoms with Gasteiger partial charge in [0.15, 0.2) is 0 Å². The van der Waals surface area contributed by atoms with Gasteiger partial charge in [0.25, 0.3) is 0 Å². The summed E-state index contributed by atoms with van der Waals surface area (Å²) in [6.45, 7) is 3.37. The SMILES string of the molecule is COC(=O)N1CCC[C@@H](C(=O)Nc2cc(-c3cccc(NCC4CCOCC4)n3)c(Cl)cn2)C1. The van der Waals surface area contributed by atoms with Crippen molar-refractivity contribution in [2.45, 2.75) is 25.7 Å². The number of methoxy groups -OCH3 is 1. The topological polar surface area (TPSA) is 106 Å². The van der Waals surface area contributed by atoms with Crippen LogP contribution in [0.4, 0.5) is 16.4 Å². The molecule has 0 bridgehead atoms. The molecule has 0 aromatic carbocycles. The van der Waals surface area contributed by atoms with E-state index in [-0.39, 0.29) is 11.8 Å². The number of likely N-dealkylation sites (tertiary alicyclic amines) is 1. The van der Waals surface area contributed by atoms with Crippen molar-refractivity contribution in [2.24, 2.45) is 11.8 Å². The van der Waals surface area contributed by atoms with E-state index < -0.39 is 6.09 Å². The van der Waals surface area contributed by atoms with Crippen LogP contribution in [-0.2, 0) is 14.3 Å². The first kappa shape index (κ1) is 24.2. The molecule has 9 nitrogen and oxygen atoms in total. The Balaban J connectivity index is 1.42. The quantitative estimate of drug-likeness (QED) is 0.633. The lowest BCUT2D eigenvalue weighted by atomic mass is 9.97. The van der Waals surface area contributed by atoms with Crippen molar-refractivity contribution in [2.75, 3.05) is 50.6 Å². The van der Waals surface area contributed by atoms with Crippen molar-refractivity contribution >= 4 is 35.2 Å². The van der Waals surface area contributed by atoms with Gasteiger partial charge in [-0.25, -0.2) is 14.8 Å². The summed E-state index contributed by atoms with van der Waals surface area (Å²) < 4.78 is 10.2. The Hall–Kier alpha value is -2.91. The van der Waals surface area contributed by atoms with E-state index in [0.717, 1.165) is 44.8 Å². The fraction of sp³-hybridized carbons (Fsp3) is 0.500. The average Bonchev–Trinajstić information content (AvgIpc) is 2.89. The Labute approximate surface area is 204 Å². The van der Waals surface area contributed by atoms with Gasteiger partial charge in [0.2, 0.25) is 5.91 Å². The standard InChI is InChI=1S/C24H30ClN5O4/c1-33-24(32)30-9-3-4-17(15-30)23(31)29-22-12-18(19(25)14-27-22)20-5-2-6-21(28-20)26-13-16-7-10-34-11-8-16/h2,5-6,12,14,16-17H,3-4,7-11,13,15H2,1H3,(H,26,28)(H,27,29,31)/t17-/m1/s1. The van der Waals surface area contributed by atoms with E-state index in [4.69, 9.17) is 26.1 Å². The van der Waals surface area contributed by atoms with Crippen LogP contribution in [0.25, 0.3) is 11.3 Å². The zero-order chi connectivity index (χ0) is 23.9. The fourth-order valence-electron chi connectivity index (χ4n) is 4.30. The third-order valence-electron chi connectivity index (χ3n) is 6.27. The van der Waals surface area contributed by atoms with Gasteiger partial charge < -0.3 is 25.0 Å². The molecule has 2 fully saturated rings. The van der Waals surface area contributed by atoms with Crippen molar-refractivity contribution in [3.8, 4) is 11.3 Å². The minimum Gasteiger partial charge on any atom is -0.453 e. The van der Waals surface area contributed by atoms with E-state index in [1.54, 1.807) is 11.0 Å². The monoisotopic (exact) mass is 487 g/mol. The van der Waals surface area contributed by atoms with E-state index >= 15 is 0 Å². The Morgan fingerprint density at radius 1 is 1.24 bits per heavy atom. The number of pyridine rings is 2. The smallest absolute Gasteiger partial charge is 0.409 e. The summed E-state index contributed by atoms with van der Waals surface area (Å²) in [6, 6.07) is 7.46. The second-order valence-electron chi connectivity index (χ2n) is 8.64. The molecule has 0 spiro atoms. The molecule has 2 aliphatic heterocycles. The summed E-state index contributed by atoms with van der Waals surface area (Å²) in [6.07, 6.45) is 4.62. The highest BCUT2D eigenvalue weighted by atomic mass is 35.5. The largest absolute Gasteiger partial charge is 0.453 e. The summed E-state index contributed by atoms with van der Waals surface area (Å²) in [7, 11) is 1.34. The van der Waals surface area contributed by atoms with Crippen LogP contribution in [-0.4, -0.2) is 66.8 Å². The molecule has 2 amide bonds. The van der Waals surface area contributed by atoms with Crippen LogP contribution < -0.4 is 10.6 Å². The lowest BCUT2D eigenvalue weighted by Crippen LogP contribution is -2.43. The van der Waals surface area contributed by atoms with Gasteiger partial charge in [-0.1, -0.05) is 17.7 Å². The van der Waals surface area contributed by atoms with Crippen LogP contribution >= 0.6 is 11.6 Å². The molecule has 1 atom stereocenters. The highest BCUT2D eigenvalue weighted by molar-refractivity contribution is 6.33. The summed E-state index contributed by atoms with van der Waals surface area (Å²) in [5.41, 5.74) is 1.37. The van der Waals surface area contributed by atoms with Gasteiger partial charge in [-0.3, -0.25) is 4.79 Å². The number of amides is 2. The first-order valence-corrected chi connectivity index (χ1v) is 12.0.